The molecule has 0 bridgehead atoms. The summed E-state index contributed by atoms with van der Waals surface area (Å²) in [5.41, 5.74) is 6.77. The predicted molar refractivity (Wildman–Crippen MR) is 81.1 cm³/mol. The summed E-state index contributed by atoms with van der Waals surface area (Å²) in [6.45, 7) is 4.13. The average Bonchev–Trinajstić information content (AvgIpc) is 2.41. The molecule has 0 spiro atoms. The van der Waals surface area contributed by atoms with Crippen LogP contribution >= 0.6 is 11.6 Å². The topological polar surface area (TPSA) is 38.0 Å². The Labute approximate surface area is 123 Å². The second-order valence-corrected chi connectivity index (χ2v) is 5.44. The van der Waals surface area contributed by atoms with Crippen molar-refractivity contribution in [1.29, 1.82) is 0 Å². The molecule has 0 saturated heterocycles. The number of benzene rings is 2. The van der Waals surface area contributed by atoms with Gasteiger partial charge in [-0.25, -0.2) is 4.39 Å². The van der Waals surface area contributed by atoms with Crippen LogP contribution in [0.4, 0.5) is 4.39 Å². The number of nitrogens with two attached hydrogens (primary N) is 1. The van der Waals surface area contributed by atoms with Crippen molar-refractivity contribution in [3.8, 4) is 0 Å². The lowest BCUT2D eigenvalue weighted by Crippen LogP contribution is -2.30. The molecule has 0 aromatic heterocycles. The Kier molecular flexibility index (Phi) is 4.76. The van der Waals surface area contributed by atoms with E-state index in [9.17, 15) is 4.39 Å². The molecule has 2 rings (SSSR count). The van der Waals surface area contributed by atoms with Crippen LogP contribution in [0, 0.1) is 19.7 Å². The van der Waals surface area contributed by atoms with Crippen molar-refractivity contribution in [2.75, 3.05) is 0 Å². The molecule has 0 saturated carbocycles. The summed E-state index contributed by atoms with van der Waals surface area (Å²) in [5.74, 6) is 5.23. The molecule has 1 unspecified atom stereocenters. The maximum absolute atomic E-state index is 14.0. The van der Waals surface area contributed by atoms with E-state index in [-0.39, 0.29) is 11.9 Å². The molecule has 0 fully saturated rings. The largest absolute Gasteiger partial charge is 0.271 e. The number of halogens is 2. The molecule has 2 aromatic carbocycles. The molecular formula is C16H18ClFN2. The quantitative estimate of drug-likeness (QED) is 0.664. The molecule has 3 N–H and O–H groups in total. The molecule has 0 heterocycles. The summed E-state index contributed by atoms with van der Waals surface area (Å²) < 4.78 is 14.0. The highest BCUT2D eigenvalue weighted by Crippen LogP contribution is 2.24. The number of hydrogen-bond donors (Lipinski definition) is 2. The zero-order valence-electron chi connectivity index (χ0n) is 11.6. The van der Waals surface area contributed by atoms with Gasteiger partial charge in [-0.3, -0.25) is 11.3 Å². The Balaban J connectivity index is 2.26. The van der Waals surface area contributed by atoms with Gasteiger partial charge in [0.1, 0.15) is 5.82 Å². The number of hydrazine groups is 1. The van der Waals surface area contributed by atoms with Gasteiger partial charge in [0.15, 0.2) is 0 Å². The summed E-state index contributed by atoms with van der Waals surface area (Å²) in [5, 5.41) is 0.383. The van der Waals surface area contributed by atoms with Crippen LogP contribution in [0.1, 0.15) is 28.3 Å². The molecule has 0 aliphatic rings. The van der Waals surface area contributed by atoms with Gasteiger partial charge >= 0.3 is 0 Å². The minimum absolute atomic E-state index is 0.283. The Hall–Kier alpha value is -1.42. The van der Waals surface area contributed by atoms with Crippen molar-refractivity contribution in [1.82, 2.24) is 5.43 Å². The Morgan fingerprint density at radius 2 is 1.90 bits per heavy atom. The van der Waals surface area contributed by atoms with Gasteiger partial charge in [0.2, 0.25) is 0 Å². The van der Waals surface area contributed by atoms with Crippen LogP contribution in [0.3, 0.4) is 0 Å². The van der Waals surface area contributed by atoms with Gasteiger partial charge in [0.25, 0.3) is 0 Å². The first-order valence-electron chi connectivity index (χ1n) is 6.48. The highest BCUT2D eigenvalue weighted by molar-refractivity contribution is 6.30. The molecule has 20 heavy (non-hydrogen) atoms. The highest BCUT2D eigenvalue weighted by Gasteiger charge is 2.15. The average molecular weight is 293 g/mol. The van der Waals surface area contributed by atoms with E-state index in [0.717, 1.165) is 5.56 Å². The van der Waals surface area contributed by atoms with E-state index in [4.69, 9.17) is 17.4 Å². The Morgan fingerprint density at radius 1 is 1.15 bits per heavy atom. The van der Waals surface area contributed by atoms with Crippen LogP contribution in [0.2, 0.25) is 5.02 Å². The van der Waals surface area contributed by atoms with Crippen LogP contribution in [-0.4, -0.2) is 0 Å². The SMILES string of the molecule is Cc1ccc(CC(NN)c2ccc(Cl)cc2F)cc1C. The van der Waals surface area contributed by atoms with Gasteiger partial charge in [0.05, 0.1) is 6.04 Å². The first kappa shape index (κ1) is 15.0. The van der Waals surface area contributed by atoms with Crippen molar-refractivity contribution in [2.24, 2.45) is 5.84 Å². The van der Waals surface area contributed by atoms with E-state index >= 15 is 0 Å². The smallest absolute Gasteiger partial charge is 0.129 e. The summed E-state index contributed by atoms with van der Waals surface area (Å²) >= 11 is 5.77. The lowest BCUT2D eigenvalue weighted by Gasteiger charge is -2.18. The third-order valence-electron chi connectivity index (χ3n) is 3.55. The second-order valence-electron chi connectivity index (χ2n) is 5.01. The van der Waals surface area contributed by atoms with Crippen LogP contribution in [0.15, 0.2) is 36.4 Å². The third kappa shape index (κ3) is 3.37. The molecular weight excluding hydrogens is 275 g/mol. The number of hydrogen-bond acceptors (Lipinski definition) is 2. The van der Waals surface area contributed by atoms with E-state index in [0.29, 0.717) is 17.0 Å². The van der Waals surface area contributed by atoms with Gasteiger partial charge in [-0.15, -0.1) is 0 Å². The van der Waals surface area contributed by atoms with E-state index in [2.05, 4.69) is 31.4 Å². The normalized spacial score (nSPS) is 12.4. The highest BCUT2D eigenvalue weighted by atomic mass is 35.5. The molecule has 1 atom stereocenters. The standard InChI is InChI=1S/C16H18ClFN2/c1-10-3-4-12(7-11(10)2)8-16(20-19)14-6-5-13(17)9-15(14)18/h3-7,9,16,20H,8,19H2,1-2H3. The Morgan fingerprint density at radius 3 is 2.50 bits per heavy atom. The third-order valence-corrected chi connectivity index (χ3v) is 3.79. The van der Waals surface area contributed by atoms with E-state index in [1.54, 1.807) is 12.1 Å². The zero-order valence-corrected chi connectivity index (χ0v) is 12.3. The lowest BCUT2D eigenvalue weighted by molar-refractivity contribution is 0.510. The fourth-order valence-electron chi connectivity index (χ4n) is 2.21. The maximum atomic E-state index is 14.0. The first-order valence-corrected chi connectivity index (χ1v) is 6.86. The van der Waals surface area contributed by atoms with Crippen molar-refractivity contribution in [3.63, 3.8) is 0 Å². The summed E-state index contributed by atoms with van der Waals surface area (Å²) in [7, 11) is 0. The van der Waals surface area contributed by atoms with Crippen LogP contribution < -0.4 is 11.3 Å². The van der Waals surface area contributed by atoms with E-state index in [1.165, 1.54) is 17.2 Å². The van der Waals surface area contributed by atoms with Crippen LogP contribution in [0.5, 0.6) is 0 Å². The molecule has 0 radical (unpaired) electrons. The van der Waals surface area contributed by atoms with Crippen LogP contribution in [-0.2, 0) is 6.42 Å². The number of aryl methyl sites for hydroxylation is 2. The van der Waals surface area contributed by atoms with Gasteiger partial charge in [-0.05, 0) is 49.1 Å². The summed E-state index contributed by atoms with van der Waals surface area (Å²) in [6, 6.07) is 10.6. The molecule has 0 aliphatic heterocycles. The minimum atomic E-state index is -0.343. The molecule has 2 aromatic rings. The van der Waals surface area contributed by atoms with Gasteiger partial charge in [0, 0.05) is 10.6 Å². The lowest BCUT2D eigenvalue weighted by atomic mass is 9.96. The monoisotopic (exact) mass is 292 g/mol. The predicted octanol–water partition coefficient (Wildman–Crippen LogP) is 3.84. The fraction of sp³-hybridized carbons (Fsp3) is 0.250. The number of rotatable bonds is 4. The van der Waals surface area contributed by atoms with Crippen molar-refractivity contribution >= 4 is 11.6 Å². The number of nitrogens with one attached hydrogen (secondary N) is 1. The van der Waals surface area contributed by atoms with Gasteiger partial charge < -0.3 is 0 Å². The molecule has 106 valence electrons. The summed E-state index contributed by atoms with van der Waals surface area (Å²) in [6.07, 6.45) is 0.621. The van der Waals surface area contributed by atoms with E-state index < -0.39 is 0 Å². The molecule has 0 amide bonds. The summed E-state index contributed by atoms with van der Waals surface area (Å²) in [4.78, 5) is 0. The molecule has 4 heteroatoms. The van der Waals surface area contributed by atoms with Crippen molar-refractivity contribution in [2.45, 2.75) is 26.3 Å². The zero-order chi connectivity index (χ0) is 14.7. The van der Waals surface area contributed by atoms with Crippen molar-refractivity contribution < 1.29 is 4.39 Å². The fourth-order valence-corrected chi connectivity index (χ4v) is 2.37. The van der Waals surface area contributed by atoms with Crippen LogP contribution in [0.25, 0.3) is 0 Å². The molecule has 2 nitrogen and oxygen atoms in total. The minimum Gasteiger partial charge on any atom is -0.271 e. The second kappa shape index (κ2) is 6.35. The molecule has 0 aliphatic carbocycles. The van der Waals surface area contributed by atoms with Gasteiger partial charge in [-0.1, -0.05) is 35.9 Å². The Bertz CT molecular complexity index is 613. The maximum Gasteiger partial charge on any atom is 0.129 e. The van der Waals surface area contributed by atoms with Gasteiger partial charge in [-0.2, -0.15) is 0 Å². The van der Waals surface area contributed by atoms with E-state index in [1.807, 2.05) is 6.07 Å². The first-order chi connectivity index (χ1) is 9.51. The van der Waals surface area contributed by atoms with Crippen molar-refractivity contribution in [3.05, 3.63) is 69.5 Å².